The van der Waals surface area contributed by atoms with Gasteiger partial charge in [-0.15, -0.1) is 0 Å². The van der Waals surface area contributed by atoms with Crippen LogP contribution in [0.5, 0.6) is 0 Å². The molecule has 6 rings (SSSR count). The van der Waals surface area contributed by atoms with Gasteiger partial charge in [-0.1, -0.05) is 30.3 Å². The maximum atomic E-state index is 4.74. The minimum atomic E-state index is 0.694. The molecule has 0 bridgehead atoms. The highest BCUT2D eigenvalue weighted by Gasteiger charge is 2.20. The third-order valence-electron chi connectivity index (χ3n) is 6.41. The molecule has 0 aliphatic carbocycles. The van der Waals surface area contributed by atoms with Crippen molar-refractivity contribution in [2.45, 2.75) is 12.8 Å². The average Bonchev–Trinajstić information content (AvgIpc) is 3.44. The second-order valence-electron chi connectivity index (χ2n) is 8.88. The molecule has 9 heteroatoms. The fourth-order valence-corrected chi connectivity index (χ4v) is 4.59. The molecule has 0 atom stereocenters. The van der Waals surface area contributed by atoms with Gasteiger partial charge in [0.1, 0.15) is 5.82 Å². The molecule has 5 aromatic rings. The van der Waals surface area contributed by atoms with Crippen molar-refractivity contribution in [3.05, 3.63) is 84.7 Å². The van der Waals surface area contributed by atoms with Gasteiger partial charge in [-0.05, 0) is 23.6 Å². The maximum Gasteiger partial charge on any atom is 0.235 e. The molecule has 0 radical (unpaired) electrons. The van der Waals surface area contributed by atoms with Crippen LogP contribution in [0.3, 0.4) is 0 Å². The SMILES string of the molecule is Cn1cc(-c2ccn3c(N4CCCN(c5ncc(Cc6ccccc6)cn5)CC4)cnc3n2)cn1. The number of nitrogens with zero attached hydrogens (tertiary/aromatic N) is 9. The topological polar surface area (TPSA) is 80.3 Å². The van der Waals surface area contributed by atoms with E-state index in [1.54, 1.807) is 4.68 Å². The van der Waals surface area contributed by atoms with Crippen LogP contribution in [-0.2, 0) is 13.5 Å². The molecule has 0 spiro atoms. The number of imidazole rings is 1. The molecule has 1 saturated heterocycles. The second-order valence-corrected chi connectivity index (χ2v) is 8.88. The summed E-state index contributed by atoms with van der Waals surface area (Å²) >= 11 is 0. The van der Waals surface area contributed by atoms with Gasteiger partial charge in [0.05, 0.1) is 18.1 Å². The molecule has 1 aromatic carbocycles. The van der Waals surface area contributed by atoms with Gasteiger partial charge in [0.25, 0.3) is 0 Å². The Bertz CT molecular complexity index is 1420. The summed E-state index contributed by atoms with van der Waals surface area (Å²) < 4.78 is 3.84. The Morgan fingerprint density at radius 2 is 1.60 bits per heavy atom. The van der Waals surface area contributed by atoms with Crippen molar-refractivity contribution in [3.63, 3.8) is 0 Å². The molecule has 1 fully saturated rings. The van der Waals surface area contributed by atoms with Crippen LogP contribution >= 0.6 is 0 Å². The summed E-state index contributed by atoms with van der Waals surface area (Å²) in [5, 5.41) is 4.24. The fraction of sp³-hybridized carbons (Fsp3) is 0.269. The summed E-state index contributed by atoms with van der Waals surface area (Å²) in [6.07, 6.45) is 13.5. The van der Waals surface area contributed by atoms with Crippen molar-refractivity contribution in [1.82, 2.24) is 34.1 Å². The van der Waals surface area contributed by atoms with Crippen molar-refractivity contribution in [1.29, 1.82) is 0 Å². The molecule has 35 heavy (non-hydrogen) atoms. The summed E-state index contributed by atoms with van der Waals surface area (Å²) in [5.41, 5.74) is 4.25. The summed E-state index contributed by atoms with van der Waals surface area (Å²) in [5.74, 6) is 2.55. The standard InChI is InChI=1S/C26H27N9/c1-32-19-22(17-30-32)23-8-11-35-24(18-29-26(35)31-23)33-9-5-10-34(13-12-33)25-27-15-21(16-28-25)14-20-6-3-2-4-7-20/h2-4,6-8,11,15-19H,5,9-10,12-14H2,1H3. The lowest BCUT2D eigenvalue weighted by Gasteiger charge is -2.23. The van der Waals surface area contributed by atoms with Crippen molar-refractivity contribution in [3.8, 4) is 11.3 Å². The molecule has 0 N–H and O–H groups in total. The third kappa shape index (κ3) is 4.44. The highest BCUT2D eigenvalue weighted by Crippen LogP contribution is 2.22. The van der Waals surface area contributed by atoms with E-state index in [-0.39, 0.29) is 0 Å². The lowest BCUT2D eigenvalue weighted by atomic mass is 10.1. The van der Waals surface area contributed by atoms with E-state index in [1.807, 2.05) is 56.4 Å². The number of fused-ring (bicyclic) bond motifs is 1. The minimum absolute atomic E-state index is 0.694. The molecule has 1 aliphatic rings. The minimum Gasteiger partial charge on any atom is -0.355 e. The Balaban J connectivity index is 1.15. The van der Waals surface area contributed by atoms with Gasteiger partial charge in [-0.25, -0.2) is 19.9 Å². The number of rotatable bonds is 5. The number of aryl methyl sites for hydroxylation is 1. The lowest BCUT2D eigenvalue weighted by molar-refractivity contribution is 0.768. The first-order valence-corrected chi connectivity index (χ1v) is 11.9. The molecule has 0 unspecified atom stereocenters. The Kier molecular flexibility index (Phi) is 5.57. The fourth-order valence-electron chi connectivity index (χ4n) is 4.59. The quantitative estimate of drug-likeness (QED) is 0.394. The number of benzene rings is 1. The zero-order valence-electron chi connectivity index (χ0n) is 19.7. The van der Waals surface area contributed by atoms with Crippen LogP contribution in [0.2, 0.25) is 0 Å². The molecule has 1 aliphatic heterocycles. The van der Waals surface area contributed by atoms with Gasteiger partial charge >= 0.3 is 0 Å². The Hall–Kier alpha value is -4.27. The first-order valence-electron chi connectivity index (χ1n) is 11.9. The Labute approximate surface area is 203 Å². The Morgan fingerprint density at radius 3 is 2.40 bits per heavy atom. The van der Waals surface area contributed by atoms with Crippen LogP contribution in [0.25, 0.3) is 17.0 Å². The van der Waals surface area contributed by atoms with Crippen LogP contribution in [0.15, 0.2) is 73.6 Å². The van der Waals surface area contributed by atoms with E-state index in [1.165, 1.54) is 5.56 Å². The van der Waals surface area contributed by atoms with E-state index >= 15 is 0 Å². The highest BCUT2D eigenvalue weighted by atomic mass is 15.3. The maximum absolute atomic E-state index is 4.74. The molecular weight excluding hydrogens is 438 g/mol. The zero-order valence-corrected chi connectivity index (χ0v) is 19.7. The second kappa shape index (κ2) is 9.17. The van der Waals surface area contributed by atoms with E-state index in [2.05, 4.69) is 58.5 Å². The number of anilines is 2. The molecular formula is C26H27N9. The van der Waals surface area contributed by atoms with E-state index in [4.69, 9.17) is 4.98 Å². The van der Waals surface area contributed by atoms with Gasteiger partial charge in [-0.3, -0.25) is 9.08 Å². The average molecular weight is 466 g/mol. The van der Waals surface area contributed by atoms with E-state index in [9.17, 15) is 0 Å². The van der Waals surface area contributed by atoms with Crippen LogP contribution in [0.4, 0.5) is 11.8 Å². The van der Waals surface area contributed by atoms with Gasteiger partial charge in [0, 0.05) is 70.0 Å². The summed E-state index contributed by atoms with van der Waals surface area (Å²) in [6.45, 7) is 3.59. The van der Waals surface area contributed by atoms with E-state index in [0.717, 1.165) is 67.6 Å². The Morgan fingerprint density at radius 1 is 0.800 bits per heavy atom. The van der Waals surface area contributed by atoms with Crippen molar-refractivity contribution in [2.75, 3.05) is 36.0 Å². The molecule has 176 valence electrons. The van der Waals surface area contributed by atoms with Gasteiger partial charge in [0.2, 0.25) is 11.7 Å². The van der Waals surface area contributed by atoms with Gasteiger partial charge in [0.15, 0.2) is 0 Å². The lowest BCUT2D eigenvalue weighted by Crippen LogP contribution is -2.32. The van der Waals surface area contributed by atoms with Crippen LogP contribution in [0, 0.1) is 0 Å². The zero-order chi connectivity index (χ0) is 23.6. The monoisotopic (exact) mass is 465 g/mol. The highest BCUT2D eigenvalue weighted by molar-refractivity contribution is 5.60. The van der Waals surface area contributed by atoms with Crippen molar-refractivity contribution < 1.29 is 0 Å². The molecule has 5 heterocycles. The molecule has 0 amide bonds. The summed E-state index contributed by atoms with van der Waals surface area (Å²) in [6, 6.07) is 12.4. The molecule has 0 saturated carbocycles. The van der Waals surface area contributed by atoms with Crippen molar-refractivity contribution >= 4 is 17.5 Å². The van der Waals surface area contributed by atoms with Crippen LogP contribution in [0.1, 0.15) is 17.5 Å². The van der Waals surface area contributed by atoms with Gasteiger partial charge in [-0.2, -0.15) is 5.10 Å². The summed E-state index contributed by atoms with van der Waals surface area (Å²) in [7, 11) is 1.91. The van der Waals surface area contributed by atoms with Crippen molar-refractivity contribution in [2.24, 2.45) is 7.05 Å². The first kappa shape index (κ1) is 21.3. The normalized spacial score (nSPS) is 14.4. The molecule has 4 aromatic heterocycles. The number of aromatic nitrogens is 7. The van der Waals surface area contributed by atoms with Gasteiger partial charge < -0.3 is 9.80 Å². The number of hydrogen-bond donors (Lipinski definition) is 0. The smallest absolute Gasteiger partial charge is 0.235 e. The van der Waals surface area contributed by atoms with E-state index in [0.29, 0.717) is 5.78 Å². The first-order chi connectivity index (χ1) is 17.2. The van der Waals surface area contributed by atoms with Crippen LogP contribution in [-0.4, -0.2) is 60.3 Å². The van der Waals surface area contributed by atoms with Crippen LogP contribution < -0.4 is 9.80 Å². The van der Waals surface area contributed by atoms with E-state index < -0.39 is 0 Å². The third-order valence-corrected chi connectivity index (χ3v) is 6.41. The predicted octanol–water partition coefficient (Wildman–Crippen LogP) is 3.23. The molecule has 9 nitrogen and oxygen atoms in total. The largest absolute Gasteiger partial charge is 0.355 e. The summed E-state index contributed by atoms with van der Waals surface area (Å²) in [4.78, 5) is 23.3. The predicted molar refractivity (Wildman–Crippen MR) is 136 cm³/mol. The number of hydrogen-bond acceptors (Lipinski definition) is 7.